The third-order valence-electron chi connectivity index (χ3n) is 6.61. The third-order valence-corrected chi connectivity index (χ3v) is 11.6. The Hall–Kier alpha value is -3.48. The maximum absolute atomic E-state index is 12.6. The van der Waals surface area contributed by atoms with Crippen LogP contribution in [0.5, 0.6) is 0 Å². The lowest BCUT2D eigenvalue weighted by Gasteiger charge is -2.42. The fourth-order valence-corrected chi connectivity index (χ4v) is 9.37. The Morgan fingerprint density at radius 2 is 1.19 bits per heavy atom. The third kappa shape index (κ3) is 6.27. The van der Waals surface area contributed by atoms with E-state index < -0.39 is 32.1 Å². The second kappa shape index (κ2) is 12.7. The van der Waals surface area contributed by atoms with Gasteiger partial charge in [-0.1, -0.05) is 124 Å². The first kappa shape index (κ1) is 28.1. The number of esters is 2. The molecule has 0 bridgehead atoms. The minimum Gasteiger partial charge on any atom is -0.468 e. The largest absolute Gasteiger partial charge is 0.468 e. The minimum atomic E-state index is -2.72. The van der Waals surface area contributed by atoms with Crippen LogP contribution in [0.25, 0.3) is 0 Å². The van der Waals surface area contributed by atoms with E-state index in [-0.39, 0.29) is 5.04 Å². The van der Waals surface area contributed by atoms with Gasteiger partial charge >= 0.3 is 11.9 Å². The van der Waals surface area contributed by atoms with Crippen LogP contribution >= 0.6 is 0 Å². The van der Waals surface area contributed by atoms with Gasteiger partial charge in [-0.3, -0.25) is 9.59 Å². The second-order valence-electron chi connectivity index (χ2n) is 9.86. The molecule has 1 atom stereocenters. The van der Waals surface area contributed by atoms with Crippen molar-refractivity contribution >= 4 is 30.6 Å². The van der Waals surface area contributed by atoms with Crippen molar-refractivity contribution < 1.29 is 23.5 Å². The number of hydrogen-bond acceptors (Lipinski definition) is 5. The van der Waals surface area contributed by atoms with Crippen LogP contribution < -0.4 is 10.4 Å². The van der Waals surface area contributed by atoms with Crippen molar-refractivity contribution in [1.29, 1.82) is 0 Å². The molecule has 0 aliphatic carbocycles. The Balaban J connectivity index is 2.01. The molecule has 6 heteroatoms. The van der Waals surface area contributed by atoms with Crippen LogP contribution in [0.1, 0.15) is 32.3 Å². The smallest absolute Gasteiger partial charge is 0.321 e. The van der Waals surface area contributed by atoms with E-state index in [1.165, 1.54) is 24.6 Å². The molecule has 0 N–H and O–H groups in total. The number of rotatable bonds is 10. The van der Waals surface area contributed by atoms with E-state index in [0.29, 0.717) is 6.61 Å². The lowest BCUT2D eigenvalue weighted by atomic mass is 9.85. The normalized spacial score (nSPS) is 12.9. The Morgan fingerprint density at radius 1 is 0.757 bits per heavy atom. The second-order valence-corrected chi connectivity index (χ2v) is 14.2. The van der Waals surface area contributed by atoms with Crippen molar-refractivity contribution in [1.82, 2.24) is 0 Å². The molecule has 3 aromatic carbocycles. The van der Waals surface area contributed by atoms with Crippen LogP contribution in [-0.2, 0) is 23.5 Å². The Kier molecular flexibility index (Phi) is 9.61. The highest BCUT2D eigenvalue weighted by molar-refractivity contribution is 6.99. The zero-order valence-corrected chi connectivity index (χ0v) is 23.2. The molecule has 0 heterocycles. The van der Waals surface area contributed by atoms with Crippen LogP contribution in [-0.4, -0.2) is 41.1 Å². The molecule has 0 amide bonds. The Labute approximate surface area is 221 Å². The summed E-state index contributed by atoms with van der Waals surface area (Å²) in [6, 6.07) is 30.2. The molecule has 194 valence electrons. The summed E-state index contributed by atoms with van der Waals surface area (Å²) >= 11 is 0. The van der Waals surface area contributed by atoms with Gasteiger partial charge in [-0.15, -0.1) is 0 Å². The molecule has 0 aliphatic rings. The van der Waals surface area contributed by atoms with Crippen molar-refractivity contribution in [2.45, 2.75) is 31.7 Å². The van der Waals surface area contributed by atoms with Crippen LogP contribution in [0, 0.1) is 5.92 Å². The lowest BCUT2D eigenvalue weighted by Crippen LogP contribution is -2.66. The average molecular weight is 517 g/mol. The molecule has 1 unspecified atom stereocenters. The van der Waals surface area contributed by atoms with E-state index in [2.05, 4.69) is 45.0 Å². The first-order chi connectivity index (χ1) is 17.8. The SMILES string of the molecule is COC(=O)C(C(=O)OC)C(/C=C/CO[Si](c1ccccc1)(c1ccccc1)C(C)(C)C)c1ccccc1. The molecular weight excluding hydrogens is 480 g/mol. The zero-order valence-electron chi connectivity index (χ0n) is 22.2. The van der Waals surface area contributed by atoms with E-state index >= 15 is 0 Å². The molecule has 3 aromatic rings. The van der Waals surface area contributed by atoms with Gasteiger partial charge in [-0.25, -0.2) is 0 Å². The fraction of sp³-hybridized carbons (Fsp3) is 0.290. The minimum absolute atomic E-state index is 0.164. The Morgan fingerprint density at radius 3 is 1.59 bits per heavy atom. The molecule has 0 saturated carbocycles. The first-order valence-corrected chi connectivity index (χ1v) is 14.3. The number of ether oxygens (including phenoxy) is 2. The van der Waals surface area contributed by atoms with E-state index in [4.69, 9.17) is 13.9 Å². The molecule has 0 fully saturated rings. The molecular formula is C31H36O5Si. The zero-order chi connectivity index (χ0) is 26.9. The molecule has 0 aliphatic heterocycles. The topological polar surface area (TPSA) is 61.8 Å². The predicted octanol–water partition coefficient (Wildman–Crippen LogP) is 4.87. The van der Waals surface area contributed by atoms with E-state index in [1.54, 1.807) is 0 Å². The number of carbonyl (C=O) groups is 2. The molecule has 0 aromatic heterocycles. The summed E-state index contributed by atoms with van der Waals surface area (Å²) in [5.74, 6) is -2.97. The number of benzene rings is 3. The van der Waals surface area contributed by atoms with Crippen molar-refractivity contribution in [3.63, 3.8) is 0 Å². The summed E-state index contributed by atoms with van der Waals surface area (Å²) in [5, 5.41) is 2.20. The number of allylic oxidation sites excluding steroid dienone is 1. The first-order valence-electron chi connectivity index (χ1n) is 12.4. The van der Waals surface area contributed by atoms with E-state index in [1.807, 2.05) is 78.9 Å². The molecule has 5 nitrogen and oxygen atoms in total. The summed E-state index contributed by atoms with van der Waals surface area (Å²) in [4.78, 5) is 25.3. The van der Waals surface area contributed by atoms with Crippen LogP contribution in [0.4, 0.5) is 0 Å². The monoisotopic (exact) mass is 516 g/mol. The highest BCUT2D eigenvalue weighted by Crippen LogP contribution is 2.37. The summed E-state index contributed by atoms with van der Waals surface area (Å²) in [7, 11) is -0.172. The Bertz CT molecular complexity index is 1110. The van der Waals surface area contributed by atoms with Gasteiger partial charge in [0.05, 0.1) is 20.8 Å². The maximum atomic E-state index is 12.6. The predicted molar refractivity (Wildman–Crippen MR) is 149 cm³/mol. The van der Waals surface area contributed by atoms with Crippen LogP contribution in [0.15, 0.2) is 103 Å². The number of carbonyl (C=O) groups excluding carboxylic acids is 2. The summed E-state index contributed by atoms with van der Waals surface area (Å²) in [6.07, 6.45) is 3.75. The molecule has 0 saturated heterocycles. The average Bonchev–Trinajstić information content (AvgIpc) is 2.92. The maximum Gasteiger partial charge on any atom is 0.321 e. The van der Waals surface area contributed by atoms with Crippen LogP contribution in [0.3, 0.4) is 0 Å². The highest BCUT2D eigenvalue weighted by atomic mass is 28.4. The van der Waals surface area contributed by atoms with Gasteiger partial charge in [0.15, 0.2) is 5.92 Å². The van der Waals surface area contributed by atoms with Gasteiger partial charge in [0.1, 0.15) is 0 Å². The highest BCUT2D eigenvalue weighted by Gasteiger charge is 2.50. The van der Waals surface area contributed by atoms with Gasteiger partial charge in [0, 0.05) is 5.92 Å². The van der Waals surface area contributed by atoms with Crippen molar-refractivity contribution in [3.05, 3.63) is 109 Å². The number of hydrogen-bond donors (Lipinski definition) is 0. The van der Waals surface area contributed by atoms with Gasteiger partial charge in [0.25, 0.3) is 8.32 Å². The molecule has 0 radical (unpaired) electrons. The fourth-order valence-electron chi connectivity index (χ4n) is 4.87. The molecule has 37 heavy (non-hydrogen) atoms. The van der Waals surface area contributed by atoms with Crippen molar-refractivity contribution in [2.24, 2.45) is 5.92 Å². The van der Waals surface area contributed by atoms with E-state index in [9.17, 15) is 9.59 Å². The van der Waals surface area contributed by atoms with Crippen LogP contribution in [0.2, 0.25) is 5.04 Å². The van der Waals surface area contributed by atoms with Gasteiger partial charge in [-0.05, 0) is 21.0 Å². The number of methoxy groups -OCH3 is 2. The van der Waals surface area contributed by atoms with Gasteiger partial charge < -0.3 is 13.9 Å². The summed E-state index contributed by atoms with van der Waals surface area (Å²) in [6.45, 7) is 6.98. The molecule has 0 spiro atoms. The summed E-state index contributed by atoms with van der Waals surface area (Å²) < 4.78 is 16.8. The van der Waals surface area contributed by atoms with Crippen molar-refractivity contribution in [2.75, 3.05) is 20.8 Å². The standard InChI is InChI=1S/C31H36O5Si/c1-31(2,3)37(25-18-11-7-12-19-25,26-20-13-8-14-21-26)36-23-15-22-27(24-16-9-6-10-17-24)28(29(32)34-4)30(33)35-5/h6-22,27-28H,23H2,1-5H3/b22-15+. The molecule has 3 rings (SSSR count). The van der Waals surface area contributed by atoms with Gasteiger partial charge in [0.2, 0.25) is 0 Å². The lowest BCUT2D eigenvalue weighted by molar-refractivity contribution is -0.159. The quantitative estimate of drug-likeness (QED) is 0.167. The summed E-state index contributed by atoms with van der Waals surface area (Å²) in [5.41, 5.74) is 0.810. The van der Waals surface area contributed by atoms with E-state index in [0.717, 1.165) is 5.56 Å². The van der Waals surface area contributed by atoms with Crippen molar-refractivity contribution in [3.8, 4) is 0 Å². The van der Waals surface area contributed by atoms with Gasteiger partial charge in [-0.2, -0.15) is 0 Å².